The van der Waals surface area contributed by atoms with Gasteiger partial charge in [0.2, 0.25) is 5.91 Å². The third-order valence-electron chi connectivity index (χ3n) is 4.74. The number of carbonyl (C=O) groups is 1. The molecule has 3 aromatic rings. The number of rotatable bonds is 7. The number of anilines is 2. The molecule has 0 bridgehead atoms. The molecule has 31 heavy (non-hydrogen) atoms. The van der Waals surface area contributed by atoms with Gasteiger partial charge in [0.1, 0.15) is 12.3 Å². The van der Waals surface area contributed by atoms with Gasteiger partial charge in [0.25, 0.3) is 10.0 Å². The van der Waals surface area contributed by atoms with Gasteiger partial charge in [0, 0.05) is 5.69 Å². The molecule has 0 saturated heterocycles. The van der Waals surface area contributed by atoms with Crippen LogP contribution in [0.5, 0.6) is 5.75 Å². The molecule has 0 unspecified atom stereocenters. The zero-order chi connectivity index (χ0) is 22.6. The van der Waals surface area contributed by atoms with Crippen LogP contribution in [0.1, 0.15) is 11.1 Å². The second kappa shape index (κ2) is 9.53. The Morgan fingerprint density at radius 2 is 1.71 bits per heavy atom. The lowest BCUT2D eigenvalue weighted by Crippen LogP contribution is -2.38. The summed E-state index contributed by atoms with van der Waals surface area (Å²) in [5, 5.41) is 2.80. The van der Waals surface area contributed by atoms with Crippen LogP contribution in [0.4, 0.5) is 11.4 Å². The summed E-state index contributed by atoms with van der Waals surface area (Å²) in [6.07, 6.45) is 0. The highest BCUT2D eigenvalue weighted by Crippen LogP contribution is 2.31. The number of hydrogen-bond acceptors (Lipinski definition) is 4. The van der Waals surface area contributed by atoms with Gasteiger partial charge in [-0.2, -0.15) is 0 Å². The molecule has 1 amide bonds. The van der Waals surface area contributed by atoms with Crippen molar-refractivity contribution in [2.45, 2.75) is 18.7 Å². The van der Waals surface area contributed by atoms with Gasteiger partial charge in [0.15, 0.2) is 0 Å². The SMILES string of the molecule is COc1ccc(S(=O)(=O)N(CC(=O)Nc2ccccc2C)c2ccc(C)cc2)cc1Br. The molecule has 3 aromatic carbocycles. The number of nitrogens with one attached hydrogen (secondary N) is 1. The van der Waals surface area contributed by atoms with Crippen LogP contribution >= 0.6 is 15.9 Å². The molecular weight excluding hydrogens is 480 g/mol. The van der Waals surface area contributed by atoms with E-state index < -0.39 is 15.9 Å². The number of nitrogens with zero attached hydrogens (tertiary/aromatic N) is 1. The summed E-state index contributed by atoms with van der Waals surface area (Å²) < 4.78 is 33.8. The van der Waals surface area contributed by atoms with Crippen molar-refractivity contribution < 1.29 is 17.9 Å². The minimum atomic E-state index is -4.02. The summed E-state index contributed by atoms with van der Waals surface area (Å²) in [5.41, 5.74) is 2.91. The zero-order valence-corrected chi connectivity index (χ0v) is 19.8. The maximum absolute atomic E-state index is 13.5. The number of benzene rings is 3. The molecule has 8 heteroatoms. The van der Waals surface area contributed by atoms with E-state index in [0.29, 0.717) is 21.6 Å². The molecule has 162 valence electrons. The highest BCUT2D eigenvalue weighted by Gasteiger charge is 2.28. The van der Waals surface area contributed by atoms with Gasteiger partial charge in [-0.05, 0) is 71.7 Å². The Labute approximate surface area is 191 Å². The number of aryl methyl sites for hydroxylation is 2. The maximum atomic E-state index is 13.5. The Hall–Kier alpha value is -2.84. The quantitative estimate of drug-likeness (QED) is 0.497. The first kappa shape index (κ1) is 22.8. The summed E-state index contributed by atoms with van der Waals surface area (Å²) in [5.74, 6) is 0.0733. The average molecular weight is 503 g/mol. The summed E-state index contributed by atoms with van der Waals surface area (Å²) in [6, 6.07) is 18.8. The number of amides is 1. The van der Waals surface area contributed by atoms with E-state index >= 15 is 0 Å². The molecule has 0 aliphatic carbocycles. The van der Waals surface area contributed by atoms with Crippen molar-refractivity contribution in [1.29, 1.82) is 0 Å². The molecule has 0 atom stereocenters. The molecule has 6 nitrogen and oxygen atoms in total. The van der Waals surface area contributed by atoms with Crippen molar-refractivity contribution in [3.8, 4) is 5.75 Å². The van der Waals surface area contributed by atoms with E-state index in [1.54, 1.807) is 36.4 Å². The van der Waals surface area contributed by atoms with Gasteiger partial charge in [0.05, 0.1) is 22.2 Å². The average Bonchev–Trinajstić information content (AvgIpc) is 2.74. The molecule has 0 spiro atoms. The van der Waals surface area contributed by atoms with Gasteiger partial charge < -0.3 is 10.1 Å². The van der Waals surface area contributed by atoms with Gasteiger partial charge in [-0.25, -0.2) is 8.42 Å². The second-order valence-corrected chi connectivity index (χ2v) is 9.72. The van der Waals surface area contributed by atoms with Gasteiger partial charge in [-0.3, -0.25) is 9.10 Å². The van der Waals surface area contributed by atoms with Crippen LogP contribution in [-0.4, -0.2) is 28.0 Å². The number of hydrogen-bond donors (Lipinski definition) is 1. The highest BCUT2D eigenvalue weighted by atomic mass is 79.9. The van der Waals surface area contributed by atoms with Crippen LogP contribution in [0.25, 0.3) is 0 Å². The van der Waals surface area contributed by atoms with Crippen molar-refractivity contribution in [3.63, 3.8) is 0 Å². The predicted octanol–water partition coefficient (Wildman–Crippen LogP) is 4.91. The summed E-state index contributed by atoms with van der Waals surface area (Å²) >= 11 is 3.33. The molecule has 0 aliphatic rings. The van der Waals surface area contributed by atoms with Crippen molar-refractivity contribution >= 4 is 43.2 Å². The molecule has 0 heterocycles. The first-order valence-corrected chi connectivity index (χ1v) is 11.7. The van der Waals surface area contributed by atoms with Gasteiger partial charge in [-0.15, -0.1) is 0 Å². The number of carbonyl (C=O) groups excluding carboxylic acids is 1. The molecule has 0 fully saturated rings. The Morgan fingerprint density at radius 1 is 1.03 bits per heavy atom. The fourth-order valence-corrected chi connectivity index (χ4v) is 5.13. The van der Waals surface area contributed by atoms with E-state index in [2.05, 4.69) is 21.2 Å². The third kappa shape index (κ3) is 5.26. The van der Waals surface area contributed by atoms with Gasteiger partial charge >= 0.3 is 0 Å². The van der Waals surface area contributed by atoms with Crippen LogP contribution in [0, 0.1) is 13.8 Å². The van der Waals surface area contributed by atoms with E-state index in [1.807, 2.05) is 32.0 Å². The number of para-hydroxylation sites is 1. The van der Waals surface area contributed by atoms with Crippen molar-refractivity contribution in [2.24, 2.45) is 0 Å². The maximum Gasteiger partial charge on any atom is 0.264 e. The van der Waals surface area contributed by atoms with Gasteiger partial charge in [-0.1, -0.05) is 35.9 Å². The summed E-state index contributed by atoms with van der Waals surface area (Å²) in [7, 11) is -2.52. The number of ether oxygens (including phenoxy) is 1. The standard InChI is InChI=1S/C23H23BrN2O4S/c1-16-8-10-18(11-9-16)26(15-23(27)25-21-7-5-4-6-17(21)2)31(28,29)19-12-13-22(30-3)20(24)14-19/h4-14H,15H2,1-3H3,(H,25,27). The van der Waals surface area contributed by atoms with Crippen LogP contribution in [0.2, 0.25) is 0 Å². The van der Waals surface area contributed by atoms with E-state index in [0.717, 1.165) is 15.4 Å². The molecule has 0 saturated carbocycles. The Balaban J connectivity index is 1.98. The fraction of sp³-hybridized carbons (Fsp3) is 0.174. The lowest BCUT2D eigenvalue weighted by atomic mass is 10.2. The van der Waals surface area contributed by atoms with E-state index in [4.69, 9.17) is 4.74 Å². The summed E-state index contributed by atoms with van der Waals surface area (Å²) in [6.45, 7) is 3.41. The van der Waals surface area contributed by atoms with Crippen molar-refractivity contribution in [2.75, 3.05) is 23.3 Å². The molecule has 0 aromatic heterocycles. The number of halogens is 1. The van der Waals surface area contributed by atoms with E-state index in [-0.39, 0.29) is 11.4 Å². The number of sulfonamides is 1. The van der Waals surface area contributed by atoms with Crippen LogP contribution in [0.3, 0.4) is 0 Å². The minimum Gasteiger partial charge on any atom is -0.496 e. The normalized spacial score (nSPS) is 11.1. The molecular formula is C23H23BrN2O4S. The van der Waals surface area contributed by atoms with Crippen LogP contribution in [-0.2, 0) is 14.8 Å². The first-order chi connectivity index (χ1) is 14.7. The molecule has 3 rings (SSSR count). The molecule has 1 N–H and O–H groups in total. The van der Waals surface area contributed by atoms with Crippen molar-refractivity contribution in [3.05, 3.63) is 82.3 Å². The lowest BCUT2D eigenvalue weighted by Gasteiger charge is -2.24. The first-order valence-electron chi connectivity index (χ1n) is 9.51. The lowest BCUT2D eigenvalue weighted by molar-refractivity contribution is -0.114. The monoisotopic (exact) mass is 502 g/mol. The largest absolute Gasteiger partial charge is 0.496 e. The fourth-order valence-electron chi connectivity index (χ4n) is 2.99. The minimum absolute atomic E-state index is 0.0458. The Bertz CT molecular complexity index is 1190. The second-order valence-electron chi connectivity index (χ2n) is 7.01. The highest BCUT2D eigenvalue weighted by molar-refractivity contribution is 9.10. The number of methoxy groups -OCH3 is 1. The van der Waals surface area contributed by atoms with Crippen LogP contribution < -0.4 is 14.4 Å². The molecule has 0 radical (unpaired) electrons. The smallest absolute Gasteiger partial charge is 0.264 e. The van der Waals surface area contributed by atoms with Crippen LogP contribution in [0.15, 0.2) is 76.1 Å². The zero-order valence-electron chi connectivity index (χ0n) is 17.4. The Kier molecular flexibility index (Phi) is 7.02. The van der Waals surface area contributed by atoms with Crippen molar-refractivity contribution in [1.82, 2.24) is 0 Å². The van der Waals surface area contributed by atoms with E-state index in [1.165, 1.54) is 19.2 Å². The third-order valence-corrected chi connectivity index (χ3v) is 7.13. The Morgan fingerprint density at radius 3 is 2.32 bits per heavy atom. The van der Waals surface area contributed by atoms with E-state index in [9.17, 15) is 13.2 Å². The predicted molar refractivity (Wildman–Crippen MR) is 126 cm³/mol. The summed E-state index contributed by atoms with van der Waals surface area (Å²) in [4.78, 5) is 12.9. The molecule has 0 aliphatic heterocycles. The topological polar surface area (TPSA) is 75.7 Å².